The second kappa shape index (κ2) is 13.3. The molecule has 0 aromatic carbocycles. The zero-order chi connectivity index (χ0) is 35.6. The first-order valence-corrected chi connectivity index (χ1v) is 17.5. The minimum atomic E-state index is -1.93. The van der Waals surface area contributed by atoms with E-state index in [1.165, 1.54) is 14.0 Å². The molecule has 1 aliphatic heterocycles. The van der Waals surface area contributed by atoms with Crippen molar-refractivity contribution in [3.8, 4) is 0 Å². The molecule has 3 saturated carbocycles. The Kier molecular flexibility index (Phi) is 10.4. The summed E-state index contributed by atoms with van der Waals surface area (Å²) in [6.07, 6.45) is -1.37. The summed E-state index contributed by atoms with van der Waals surface area (Å²) in [5.74, 6) is -1.85. The maximum Gasteiger partial charge on any atom is 0.509 e. The van der Waals surface area contributed by atoms with Gasteiger partial charge in [-0.2, -0.15) is 0 Å². The lowest BCUT2D eigenvalue weighted by Gasteiger charge is -2.58. The lowest BCUT2D eigenvalue weighted by molar-refractivity contribution is -0.309. The van der Waals surface area contributed by atoms with Crippen LogP contribution in [0.15, 0.2) is 23.8 Å². The van der Waals surface area contributed by atoms with Crippen LogP contribution in [0.1, 0.15) is 60.3 Å². The SMILES string of the molecule is C=C(C)C(=O)O[C@H]1[C@H](OC(=O)OCC(Cl)(Cl)Cl)[C@H](OCC23CC4C(C)CCC4C4(C=O)CC2C=C(C(C)C)C43C(=O)O)O[C@H](C)[C@H]1OC. The van der Waals surface area contributed by atoms with Crippen LogP contribution in [0.25, 0.3) is 0 Å². The predicted octanol–water partition coefficient (Wildman–Crippen LogP) is 6.07. The van der Waals surface area contributed by atoms with Crippen molar-refractivity contribution >= 4 is 59.2 Å². The van der Waals surface area contributed by atoms with Crippen LogP contribution in [0.2, 0.25) is 0 Å². The number of methoxy groups -OCH3 is 1. The molecule has 0 aromatic heterocycles. The van der Waals surface area contributed by atoms with Crippen LogP contribution in [0, 0.1) is 45.8 Å². The number of aliphatic carboxylic acids is 1. The van der Waals surface area contributed by atoms with Crippen LogP contribution in [0.4, 0.5) is 4.79 Å². The Morgan fingerprint density at radius 2 is 1.81 bits per heavy atom. The number of carboxylic acid groups (broad SMARTS) is 1. The Morgan fingerprint density at radius 1 is 1.12 bits per heavy atom. The lowest BCUT2D eigenvalue weighted by Crippen LogP contribution is -2.65. The van der Waals surface area contributed by atoms with Crippen LogP contribution in [0.5, 0.6) is 0 Å². The Balaban J connectivity index is 1.55. The fourth-order valence-electron chi connectivity index (χ4n) is 10.1. The minimum Gasteiger partial charge on any atom is -0.481 e. The first-order valence-electron chi connectivity index (χ1n) is 16.4. The third-order valence-electron chi connectivity index (χ3n) is 11.8. The molecule has 1 N–H and O–H groups in total. The largest absolute Gasteiger partial charge is 0.509 e. The molecule has 12 atom stereocenters. The van der Waals surface area contributed by atoms with Gasteiger partial charge in [0.15, 0.2) is 18.5 Å². The highest BCUT2D eigenvalue weighted by Gasteiger charge is 2.84. The highest BCUT2D eigenvalue weighted by molar-refractivity contribution is 6.67. The van der Waals surface area contributed by atoms with Crippen LogP contribution < -0.4 is 0 Å². The van der Waals surface area contributed by atoms with E-state index in [9.17, 15) is 24.3 Å². The summed E-state index contributed by atoms with van der Waals surface area (Å²) in [6.45, 7) is 12.1. The number of allylic oxidation sites excluding steroid dienone is 1. The summed E-state index contributed by atoms with van der Waals surface area (Å²) < 4.78 is 32.9. The first-order chi connectivity index (χ1) is 22.4. The van der Waals surface area contributed by atoms with Gasteiger partial charge >= 0.3 is 18.1 Å². The van der Waals surface area contributed by atoms with Crippen molar-refractivity contribution in [3.05, 3.63) is 23.8 Å². The van der Waals surface area contributed by atoms with Gasteiger partial charge in [-0.1, -0.05) is 80.2 Å². The van der Waals surface area contributed by atoms with Gasteiger partial charge in [0.1, 0.15) is 24.4 Å². The van der Waals surface area contributed by atoms with E-state index in [0.29, 0.717) is 18.8 Å². The quantitative estimate of drug-likeness (QED) is 0.0869. The van der Waals surface area contributed by atoms with Gasteiger partial charge < -0.3 is 38.3 Å². The van der Waals surface area contributed by atoms with Crippen molar-refractivity contribution in [2.75, 3.05) is 20.3 Å². The molecule has 4 fully saturated rings. The van der Waals surface area contributed by atoms with Crippen molar-refractivity contribution in [2.24, 2.45) is 45.8 Å². The summed E-state index contributed by atoms with van der Waals surface area (Å²) in [5.41, 5.74) is -2.79. The van der Waals surface area contributed by atoms with Gasteiger partial charge in [-0.25, -0.2) is 9.59 Å². The van der Waals surface area contributed by atoms with Gasteiger partial charge in [-0.3, -0.25) is 4.79 Å². The third kappa shape index (κ3) is 5.68. The van der Waals surface area contributed by atoms with Gasteiger partial charge in [0, 0.05) is 18.1 Å². The fraction of sp³-hybridized carbons (Fsp3) is 0.765. The molecular weight excluding hydrogens is 691 g/mol. The number of aldehydes is 1. The molecule has 0 aromatic rings. The number of carbonyl (C=O) groups excluding carboxylic acids is 3. The second-order valence-corrected chi connectivity index (χ2v) is 17.1. The van der Waals surface area contributed by atoms with Gasteiger partial charge in [0.2, 0.25) is 3.79 Å². The predicted molar refractivity (Wildman–Crippen MR) is 174 cm³/mol. The van der Waals surface area contributed by atoms with Gasteiger partial charge in [-0.15, -0.1) is 0 Å². The number of rotatable bonds is 11. The number of carbonyl (C=O) groups is 4. The summed E-state index contributed by atoms with van der Waals surface area (Å²) in [4.78, 5) is 53.0. The molecular formula is C34H45Cl3O11. The molecule has 0 amide bonds. The Labute approximate surface area is 295 Å². The number of fused-ring (bicyclic) bond motifs is 2. The molecule has 1 saturated heterocycles. The maximum absolute atomic E-state index is 13.8. The number of hydrogen-bond acceptors (Lipinski definition) is 10. The van der Waals surface area contributed by atoms with Crippen molar-refractivity contribution in [2.45, 2.75) is 94.8 Å². The van der Waals surface area contributed by atoms with Crippen molar-refractivity contribution in [1.82, 2.24) is 0 Å². The van der Waals surface area contributed by atoms with E-state index in [1.54, 1.807) is 6.92 Å². The van der Waals surface area contributed by atoms with E-state index in [0.717, 1.165) is 24.7 Å². The molecule has 7 unspecified atom stereocenters. The van der Waals surface area contributed by atoms with E-state index in [4.69, 9.17) is 63.2 Å². The number of halogens is 3. The summed E-state index contributed by atoms with van der Waals surface area (Å²) in [6, 6.07) is 0. The Morgan fingerprint density at radius 3 is 2.38 bits per heavy atom. The second-order valence-electron chi connectivity index (χ2n) is 14.6. The molecule has 14 heteroatoms. The summed E-state index contributed by atoms with van der Waals surface area (Å²) >= 11 is 17.3. The van der Waals surface area contributed by atoms with Crippen molar-refractivity contribution in [1.29, 1.82) is 0 Å². The fourth-order valence-corrected chi connectivity index (χ4v) is 10.2. The number of alkyl halides is 3. The van der Waals surface area contributed by atoms with E-state index in [2.05, 4.69) is 19.6 Å². The van der Waals surface area contributed by atoms with E-state index >= 15 is 0 Å². The van der Waals surface area contributed by atoms with Crippen LogP contribution >= 0.6 is 34.8 Å². The Hall–Kier alpha value is -1.89. The minimum absolute atomic E-state index is 0.0650. The summed E-state index contributed by atoms with van der Waals surface area (Å²) in [7, 11) is 1.39. The molecule has 0 radical (unpaired) electrons. The molecule has 4 bridgehead atoms. The maximum atomic E-state index is 13.8. The van der Waals surface area contributed by atoms with Crippen LogP contribution in [-0.2, 0) is 42.8 Å². The van der Waals surface area contributed by atoms with E-state index in [1.807, 2.05) is 13.8 Å². The number of hydrogen-bond donors (Lipinski definition) is 1. The number of esters is 1. The average Bonchev–Trinajstić information content (AvgIpc) is 3.57. The van der Waals surface area contributed by atoms with E-state index < -0.39 is 75.4 Å². The zero-order valence-corrected chi connectivity index (χ0v) is 30.3. The van der Waals surface area contributed by atoms with Gasteiger partial charge in [0.25, 0.3) is 0 Å². The molecule has 5 rings (SSSR count). The van der Waals surface area contributed by atoms with E-state index in [-0.39, 0.29) is 35.9 Å². The Bertz CT molecular complexity index is 1360. The third-order valence-corrected chi connectivity index (χ3v) is 12.1. The smallest absolute Gasteiger partial charge is 0.481 e. The van der Waals surface area contributed by atoms with Crippen molar-refractivity contribution < 1.29 is 52.7 Å². The zero-order valence-electron chi connectivity index (χ0n) is 28.0. The monoisotopic (exact) mass is 734 g/mol. The molecule has 5 aliphatic rings. The normalized spacial score (nSPS) is 41.4. The molecule has 4 aliphatic carbocycles. The number of carboxylic acids is 1. The molecule has 48 heavy (non-hydrogen) atoms. The van der Waals surface area contributed by atoms with Gasteiger partial charge in [0.05, 0.1) is 18.1 Å². The van der Waals surface area contributed by atoms with Crippen molar-refractivity contribution in [3.63, 3.8) is 0 Å². The highest BCUT2D eigenvalue weighted by Crippen LogP contribution is 2.82. The average molecular weight is 736 g/mol. The van der Waals surface area contributed by atoms with Gasteiger partial charge in [-0.05, 0) is 62.7 Å². The van der Waals surface area contributed by atoms with Crippen LogP contribution in [-0.4, -0.2) is 84.3 Å². The molecule has 11 nitrogen and oxygen atoms in total. The highest BCUT2D eigenvalue weighted by atomic mass is 35.6. The molecule has 1 heterocycles. The van der Waals surface area contributed by atoms with Crippen LogP contribution in [0.3, 0.4) is 0 Å². The number of ether oxygens (including phenoxy) is 6. The topological polar surface area (TPSA) is 144 Å². The summed E-state index contributed by atoms with van der Waals surface area (Å²) in [5, 5.41) is 11.3. The molecule has 268 valence electrons. The molecule has 0 spiro atoms. The lowest BCUT2D eigenvalue weighted by atomic mass is 9.43. The standard InChI is InChI=1S/C34H45Cl3O11/c1-16(2)23-10-20-11-31(13-38)22-9-8-18(5)21(22)12-32(20,34(23,31)29(40)41)14-44-28-26(48-30(42)45-15-33(35,36)37)25(47-27(39)17(3)4)24(43-7)19(6)46-28/h10,13,16,18-22,24-26,28H,3,8-9,11-12,14-15H2,1-2,4-7H3,(H,40,41)/t18?,19-,20?,21?,22?,24-,25-,26+,28-,31?,32?,34?/m1/s1. The first kappa shape index (κ1) is 37.4.